The first kappa shape index (κ1) is 25.6. The highest BCUT2D eigenvalue weighted by atomic mass is 19.4. The number of phenols is 1. The highest BCUT2D eigenvalue weighted by Gasteiger charge is 2.41. The fraction of sp³-hybridized carbons (Fsp3) is 0.423. The van der Waals surface area contributed by atoms with Crippen molar-refractivity contribution < 1.29 is 32.3 Å². The van der Waals surface area contributed by atoms with Gasteiger partial charge in [0.25, 0.3) is 5.76 Å². The van der Waals surface area contributed by atoms with Gasteiger partial charge in [0.05, 0.1) is 24.0 Å². The van der Waals surface area contributed by atoms with E-state index in [-0.39, 0.29) is 34.6 Å². The van der Waals surface area contributed by atoms with Gasteiger partial charge in [0.15, 0.2) is 5.58 Å². The zero-order chi connectivity index (χ0) is 25.2. The van der Waals surface area contributed by atoms with E-state index in [0.717, 1.165) is 23.6 Å². The topological polar surface area (TPSA) is 64.1 Å². The second-order valence-corrected chi connectivity index (χ2v) is 9.57. The van der Waals surface area contributed by atoms with Crippen LogP contribution < -0.4 is 15.1 Å². The third kappa shape index (κ3) is 5.91. The van der Waals surface area contributed by atoms with E-state index >= 15 is 0 Å². The van der Waals surface area contributed by atoms with E-state index in [1.165, 1.54) is 24.3 Å². The molecular weight excluding hydrogens is 447 g/mol. The van der Waals surface area contributed by atoms with Crippen LogP contribution in [0.25, 0.3) is 11.0 Å². The van der Waals surface area contributed by atoms with Gasteiger partial charge in [-0.1, -0.05) is 39.8 Å². The Morgan fingerprint density at radius 2 is 1.71 bits per heavy atom. The average Bonchev–Trinajstić information content (AvgIpc) is 2.70. The van der Waals surface area contributed by atoms with Crippen molar-refractivity contribution in [2.45, 2.75) is 47.3 Å². The predicted molar refractivity (Wildman–Crippen MR) is 124 cm³/mol. The number of hydrogen-bond acceptors (Lipinski definition) is 4. The molecule has 0 unspecified atom stereocenters. The predicted octanol–water partition coefficient (Wildman–Crippen LogP) is 5.32. The lowest BCUT2D eigenvalue weighted by Gasteiger charge is -2.24. The molecule has 34 heavy (non-hydrogen) atoms. The molecular formula is C26H31F3NO4+. The Kier molecular flexibility index (Phi) is 7.60. The molecule has 8 heteroatoms. The van der Waals surface area contributed by atoms with Gasteiger partial charge < -0.3 is 19.2 Å². The van der Waals surface area contributed by atoms with Gasteiger partial charge in [-0.3, -0.25) is 4.79 Å². The Bertz CT molecular complexity index is 1210. The molecule has 2 N–H and O–H groups in total. The summed E-state index contributed by atoms with van der Waals surface area (Å²) in [5.41, 5.74) is -0.259. The largest absolute Gasteiger partial charge is 0.507 e. The van der Waals surface area contributed by atoms with Crippen LogP contribution in [-0.2, 0) is 12.7 Å². The molecule has 3 aromatic rings. The normalized spacial score (nSPS) is 12.3. The summed E-state index contributed by atoms with van der Waals surface area (Å²) in [5, 5.41) is 10.5. The minimum absolute atomic E-state index is 0.0723. The number of aromatic hydroxyl groups is 1. The van der Waals surface area contributed by atoms with E-state index in [4.69, 9.17) is 9.15 Å². The molecule has 0 spiro atoms. The quantitative estimate of drug-likeness (QED) is 0.460. The van der Waals surface area contributed by atoms with Crippen LogP contribution in [0.2, 0.25) is 0 Å². The lowest BCUT2D eigenvalue weighted by molar-refractivity contribution is -0.919. The number of ether oxygens (including phenoxy) is 1. The Hall–Kier alpha value is -3.00. The summed E-state index contributed by atoms with van der Waals surface area (Å²) in [4.78, 5) is 14.3. The zero-order valence-corrected chi connectivity index (χ0v) is 20.0. The van der Waals surface area contributed by atoms with Crippen LogP contribution in [0.5, 0.6) is 17.2 Å². The number of halogens is 3. The fourth-order valence-electron chi connectivity index (χ4n) is 4.17. The minimum Gasteiger partial charge on any atom is -0.507 e. The number of hydrogen-bond donors (Lipinski definition) is 2. The molecule has 0 fully saturated rings. The van der Waals surface area contributed by atoms with E-state index in [2.05, 4.69) is 27.7 Å². The number of phenolic OH excluding ortho intramolecular Hbond substituents is 1. The molecule has 0 aliphatic carbocycles. The fourth-order valence-corrected chi connectivity index (χ4v) is 4.17. The third-order valence-electron chi connectivity index (χ3n) is 5.38. The molecule has 0 saturated heterocycles. The molecule has 3 rings (SSSR count). The Labute approximate surface area is 196 Å². The Morgan fingerprint density at radius 1 is 1.06 bits per heavy atom. The van der Waals surface area contributed by atoms with Gasteiger partial charge in [-0.05, 0) is 36.8 Å². The van der Waals surface area contributed by atoms with Crippen molar-refractivity contribution >= 4 is 11.0 Å². The molecule has 1 heterocycles. The highest BCUT2D eigenvalue weighted by molar-refractivity contribution is 5.83. The number of benzene rings is 2. The third-order valence-corrected chi connectivity index (χ3v) is 5.38. The summed E-state index contributed by atoms with van der Waals surface area (Å²) >= 11 is 0. The summed E-state index contributed by atoms with van der Waals surface area (Å²) < 4.78 is 52.7. The van der Waals surface area contributed by atoms with Gasteiger partial charge >= 0.3 is 6.18 Å². The van der Waals surface area contributed by atoms with Gasteiger partial charge in [0.2, 0.25) is 11.2 Å². The molecule has 5 nitrogen and oxygen atoms in total. The molecule has 2 aromatic carbocycles. The van der Waals surface area contributed by atoms with Gasteiger partial charge in [-0.2, -0.15) is 13.2 Å². The first-order valence-corrected chi connectivity index (χ1v) is 11.3. The standard InChI is InChI=1S/C26H30F3NO4/c1-15(2)12-30(13-16(3)4)14-20-21(31)10-9-19-22(32)24(25(26(27,28)29)34-23(19)20)33-18-8-6-7-17(5)11-18/h6-11,15-16,31H,12-14H2,1-5H3/p+1. The van der Waals surface area contributed by atoms with Crippen LogP contribution in [0.4, 0.5) is 13.2 Å². The first-order valence-electron chi connectivity index (χ1n) is 11.3. The van der Waals surface area contributed by atoms with Crippen molar-refractivity contribution in [1.29, 1.82) is 0 Å². The Balaban J connectivity index is 2.20. The monoisotopic (exact) mass is 478 g/mol. The van der Waals surface area contributed by atoms with Crippen molar-refractivity contribution in [1.82, 2.24) is 0 Å². The van der Waals surface area contributed by atoms with Crippen LogP contribution in [0.3, 0.4) is 0 Å². The van der Waals surface area contributed by atoms with Crippen molar-refractivity contribution in [3.8, 4) is 17.2 Å². The molecule has 0 atom stereocenters. The second-order valence-electron chi connectivity index (χ2n) is 9.57. The maximum Gasteiger partial charge on any atom is 0.453 e. The van der Waals surface area contributed by atoms with E-state index in [9.17, 15) is 23.1 Å². The molecule has 0 radical (unpaired) electrons. The zero-order valence-electron chi connectivity index (χ0n) is 20.0. The number of fused-ring (bicyclic) bond motifs is 1. The van der Waals surface area contributed by atoms with E-state index in [1.807, 2.05) is 0 Å². The highest BCUT2D eigenvalue weighted by Crippen LogP contribution is 2.39. The number of nitrogens with one attached hydrogen (secondary N) is 1. The lowest BCUT2D eigenvalue weighted by atomic mass is 10.1. The summed E-state index contributed by atoms with van der Waals surface area (Å²) in [6.07, 6.45) is -4.97. The number of aryl methyl sites for hydroxylation is 1. The summed E-state index contributed by atoms with van der Waals surface area (Å²) in [7, 11) is 0. The van der Waals surface area contributed by atoms with Crippen LogP contribution in [0.15, 0.2) is 45.6 Å². The van der Waals surface area contributed by atoms with Crippen molar-refractivity contribution in [2.75, 3.05) is 13.1 Å². The maximum absolute atomic E-state index is 14.0. The van der Waals surface area contributed by atoms with Crippen LogP contribution >= 0.6 is 0 Å². The first-order chi connectivity index (χ1) is 15.9. The average molecular weight is 479 g/mol. The van der Waals surface area contributed by atoms with Crippen LogP contribution in [0.1, 0.15) is 44.6 Å². The van der Waals surface area contributed by atoms with Gasteiger partial charge in [-0.15, -0.1) is 0 Å². The van der Waals surface area contributed by atoms with Crippen LogP contribution in [0, 0.1) is 18.8 Å². The molecule has 0 amide bonds. The number of alkyl halides is 3. The van der Waals surface area contributed by atoms with E-state index in [1.54, 1.807) is 19.1 Å². The Morgan fingerprint density at radius 3 is 2.26 bits per heavy atom. The maximum atomic E-state index is 14.0. The lowest BCUT2D eigenvalue weighted by Crippen LogP contribution is -3.11. The van der Waals surface area contributed by atoms with Gasteiger partial charge in [0.1, 0.15) is 18.0 Å². The van der Waals surface area contributed by atoms with E-state index in [0.29, 0.717) is 11.8 Å². The van der Waals surface area contributed by atoms with Gasteiger partial charge in [0, 0.05) is 11.8 Å². The molecule has 1 aromatic heterocycles. The van der Waals surface area contributed by atoms with E-state index < -0.39 is 23.1 Å². The SMILES string of the molecule is Cc1cccc(Oc2c(C(F)(F)F)oc3c(C[NH+](CC(C)C)CC(C)C)c(O)ccc3c2=O)c1. The molecule has 184 valence electrons. The van der Waals surface area contributed by atoms with Crippen molar-refractivity contribution in [2.24, 2.45) is 11.8 Å². The summed E-state index contributed by atoms with van der Waals surface area (Å²) in [5.74, 6) is -1.89. The molecule has 0 saturated carbocycles. The summed E-state index contributed by atoms with van der Waals surface area (Å²) in [6, 6.07) is 8.98. The van der Waals surface area contributed by atoms with Crippen molar-refractivity contribution in [3.63, 3.8) is 0 Å². The molecule has 0 aliphatic rings. The summed E-state index contributed by atoms with van der Waals surface area (Å²) in [6.45, 7) is 11.7. The smallest absolute Gasteiger partial charge is 0.453 e. The van der Waals surface area contributed by atoms with Gasteiger partial charge in [-0.25, -0.2) is 0 Å². The van der Waals surface area contributed by atoms with Crippen LogP contribution in [-0.4, -0.2) is 18.2 Å². The number of rotatable bonds is 8. The molecule has 0 bridgehead atoms. The molecule has 0 aliphatic heterocycles. The second kappa shape index (κ2) is 10.1. The van der Waals surface area contributed by atoms with Crippen molar-refractivity contribution in [3.05, 3.63) is 63.5 Å². The number of quaternary nitrogens is 1. The minimum atomic E-state index is -4.97.